The van der Waals surface area contributed by atoms with Gasteiger partial charge in [-0.05, 0) is 25.3 Å². The first-order valence-corrected chi connectivity index (χ1v) is 7.52. The zero-order valence-corrected chi connectivity index (χ0v) is 13.4. The van der Waals surface area contributed by atoms with E-state index in [9.17, 15) is 9.59 Å². The van der Waals surface area contributed by atoms with Crippen molar-refractivity contribution >= 4 is 0 Å². The Bertz CT molecular complexity index is 732. The largest absolute Gasteiger partial charge is 0.330 e. The highest BCUT2D eigenvalue weighted by Crippen LogP contribution is 2.05. The van der Waals surface area contributed by atoms with Gasteiger partial charge in [-0.3, -0.25) is 9.36 Å². The van der Waals surface area contributed by atoms with Gasteiger partial charge in [0.1, 0.15) is 0 Å². The van der Waals surface area contributed by atoms with Crippen LogP contribution in [0.25, 0.3) is 0 Å². The molecule has 0 aliphatic heterocycles. The van der Waals surface area contributed by atoms with Crippen molar-refractivity contribution in [2.45, 2.75) is 32.4 Å². The number of nitrogens with zero attached hydrogens (tertiary/aromatic N) is 2. The van der Waals surface area contributed by atoms with Crippen LogP contribution in [0, 0.1) is 0 Å². The molecule has 1 atom stereocenters. The molecule has 1 aromatic heterocycles. The number of aromatic nitrogens is 2. The van der Waals surface area contributed by atoms with Crippen LogP contribution in [0.2, 0.25) is 0 Å². The molecule has 0 aliphatic rings. The molecule has 5 nitrogen and oxygen atoms in total. The summed E-state index contributed by atoms with van der Waals surface area (Å²) in [5, 5.41) is 3.36. The van der Waals surface area contributed by atoms with E-state index in [0.717, 1.165) is 17.4 Å². The Morgan fingerprint density at radius 3 is 2.50 bits per heavy atom. The fraction of sp³-hybridized carbons (Fsp3) is 0.412. The van der Waals surface area contributed by atoms with Crippen LogP contribution in [0.5, 0.6) is 0 Å². The first-order valence-electron chi connectivity index (χ1n) is 7.52. The molecular formula is C17H23N3O2. The number of aryl methyl sites for hydroxylation is 2. The lowest BCUT2D eigenvalue weighted by Crippen LogP contribution is -2.40. The molecule has 0 bridgehead atoms. The fourth-order valence-electron chi connectivity index (χ4n) is 2.42. The molecule has 1 unspecified atom stereocenters. The molecule has 5 heteroatoms. The van der Waals surface area contributed by atoms with Crippen molar-refractivity contribution < 1.29 is 0 Å². The molecule has 0 fully saturated rings. The maximum Gasteiger partial charge on any atom is 0.330 e. The first kappa shape index (κ1) is 16.2. The van der Waals surface area contributed by atoms with Crippen LogP contribution in [0.1, 0.15) is 24.5 Å². The molecular weight excluding hydrogens is 278 g/mol. The van der Waals surface area contributed by atoms with Crippen molar-refractivity contribution in [1.82, 2.24) is 14.5 Å². The maximum atomic E-state index is 12.0. The second kappa shape index (κ2) is 7.22. The summed E-state index contributed by atoms with van der Waals surface area (Å²) in [6, 6.07) is 10.6. The molecule has 1 N–H and O–H groups in total. The van der Waals surface area contributed by atoms with Crippen molar-refractivity contribution in [3.05, 3.63) is 68.5 Å². The number of benzene rings is 1. The Balaban J connectivity index is 1.93. The van der Waals surface area contributed by atoms with Gasteiger partial charge in [-0.1, -0.05) is 30.3 Å². The van der Waals surface area contributed by atoms with Gasteiger partial charge in [0.15, 0.2) is 0 Å². The van der Waals surface area contributed by atoms with Gasteiger partial charge in [0.25, 0.3) is 5.56 Å². The second-order valence-electron chi connectivity index (χ2n) is 5.72. The summed E-state index contributed by atoms with van der Waals surface area (Å²) < 4.78 is 2.58. The van der Waals surface area contributed by atoms with Crippen LogP contribution in [0.3, 0.4) is 0 Å². The van der Waals surface area contributed by atoms with Crippen LogP contribution < -0.4 is 16.6 Å². The van der Waals surface area contributed by atoms with Crippen molar-refractivity contribution in [3.63, 3.8) is 0 Å². The van der Waals surface area contributed by atoms with Crippen LogP contribution in [0.15, 0.2) is 46.1 Å². The van der Waals surface area contributed by atoms with E-state index >= 15 is 0 Å². The van der Waals surface area contributed by atoms with E-state index in [4.69, 9.17) is 0 Å². The molecule has 0 amide bonds. The number of rotatable bonds is 6. The summed E-state index contributed by atoms with van der Waals surface area (Å²) in [6.07, 6.45) is 3.61. The minimum Gasteiger partial charge on any atom is -0.310 e. The predicted molar refractivity (Wildman–Crippen MR) is 88.0 cm³/mol. The van der Waals surface area contributed by atoms with Crippen LogP contribution in [-0.2, 0) is 27.1 Å². The molecule has 2 aromatic rings. The molecule has 0 spiro atoms. The van der Waals surface area contributed by atoms with Gasteiger partial charge in [0.2, 0.25) is 0 Å². The van der Waals surface area contributed by atoms with E-state index in [0.29, 0.717) is 18.2 Å². The van der Waals surface area contributed by atoms with Crippen molar-refractivity contribution in [2.75, 3.05) is 0 Å². The van der Waals surface area contributed by atoms with Crippen molar-refractivity contribution in [1.29, 1.82) is 0 Å². The molecule has 2 rings (SSSR count). The van der Waals surface area contributed by atoms with Crippen molar-refractivity contribution in [2.24, 2.45) is 14.1 Å². The monoisotopic (exact) mass is 301 g/mol. The Hall–Kier alpha value is -2.14. The van der Waals surface area contributed by atoms with Crippen LogP contribution in [-0.4, -0.2) is 15.2 Å². The fourth-order valence-corrected chi connectivity index (χ4v) is 2.42. The molecule has 0 saturated heterocycles. The predicted octanol–water partition coefficient (Wildman–Crippen LogP) is 1.19. The summed E-state index contributed by atoms with van der Waals surface area (Å²) in [5.41, 5.74) is 1.39. The van der Waals surface area contributed by atoms with Crippen LogP contribution >= 0.6 is 0 Å². The normalized spacial score (nSPS) is 12.3. The third kappa shape index (κ3) is 3.95. The average Bonchev–Trinajstić information content (AvgIpc) is 2.54. The quantitative estimate of drug-likeness (QED) is 0.872. The minimum absolute atomic E-state index is 0.231. The summed E-state index contributed by atoms with van der Waals surface area (Å²) >= 11 is 0. The van der Waals surface area contributed by atoms with Gasteiger partial charge in [0, 0.05) is 38.4 Å². The Morgan fingerprint density at radius 1 is 1.14 bits per heavy atom. The second-order valence-corrected chi connectivity index (χ2v) is 5.72. The Labute approximate surface area is 130 Å². The van der Waals surface area contributed by atoms with Gasteiger partial charge in [0.05, 0.1) is 0 Å². The zero-order valence-electron chi connectivity index (χ0n) is 13.4. The summed E-state index contributed by atoms with van der Waals surface area (Å²) in [6.45, 7) is 2.58. The van der Waals surface area contributed by atoms with Gasteiger partial charge in [-0.15, -0.1) is 0 Å². The highest BCUT2D eigenvalue weighted by Gasteiger charge is 2.08. The first-order chi connectivity index (χ1) is 10.5. The number of hydrogen-bond acceptors (Lipinski definition) is 3. The van der Waals surface area contributed by atoms with E-state index < -0.39 is 0 Å². The highest BCUT2D eigenvalue weighted by atomic mass is 16.2. The number of hydrogen-bond donors (Lipinski definition) is 1. The molecule has 0 saturated carbocycles. The zero-order chi connectivity index (χ0) is 16.1. The van der Waals surface area contributed by atoms with E-state index in [1.54, 1.807) is 13.2 Å². The highest BCUT2D eigenvalue weighted by molar-refractivity contribution is 5.14. The summed E-state index contributed by atoms with van der Waals surface area (Å²) in [7, 11) is 3.16. The maximum absolute atomic E-state index is 12.0. The standard InChI is InChI=1S/C17H23N3O2/c1-13(9-10-14-7-5-4-6-8-14)18-11-15-12-19(2)17(22)20(3)16(15)21/h4-8,12-13,18H,9-11H2,1-3H3. The lowest BCUT2D eigenvalue weighted by molar-refractivity contribution is 0.507. The molecule has 1 heterocycles. The molecule has 0 radical (unpaired) electrons. The van der Waals surface area contributed by atoms with Crippen LogP contribution in [0.4, 0.5) is 0 Å². The molecule has 118 valence electrons. The summed E-state index contributed by atoms with van der Waals surface area (Å²) in [5.74, 6) is 0. The third-order valence-electron chi connectivity index (χ3n) is 3.87. The molecule has 1 aromatic carbocycles. The summed E-state index contributed by atoms with van der Waals surface area (Å²) in [4.78, 5) is 23.7. The lowest BCUT2D eigenvalue weighted by atomic mass is 10.1. The number of nitrogens with one attached hydrogen (secondary N) is 1. The van der Waals surface area contributed by atoms with E-state index in [-0.39, 0.29) is 11.2 Å². The lowest BCUT2D eigenvalue weighted by Gasteiger charge is -2.14. The van der Waals surface area contributed by atoms with E-state index in [2.05, 4.69) is 24.4 Å². The van der Waals surface area contributed by atoms with Gasteiger partial charge < -0.3 is 9.88 Å². The smallest absolute Gasteiger partial charge is 0.310 e. The van der Waals surface area contributed by atoms with Gasteiger partial charge in [-0.25, -0.2) is 4.79 Å². The minimum atomic E-state index is -0.300. The molecule has 0 aliphatic carbocycles. The Kier molecular flexibility index (Phi) is 5.33. The van der Waals surface area contributed by atoms with Crippen molar-refractivity contribution in [3.8, 4) is 0 Å². The van der Waals surface area contributed by atoms with Gasteiger partial charge >= 0.3 is 5.69 Å². The van der Waals surface area contributed by atoms with Gasteiger partial charge in [-0.2, -0.15) is 0 Å². The van der Waals surface area contributed by atoms with E-state index in [1.807, 2.05) is 18.2 Å². The average molecular weight is 301 g/mol. The Morgan fingerprint density at radius 2 is 1.82 bits per heavy atom. The third-order valence-corrected chi connectivity index (χ3v) is 3.87. The molecule has 22 heavy (non-hydrogen) atoms. The SMILES string of the molecule is CC(CCc1ccccc1)NCc1cn(C)c(=O)n(C)c1=O. The topological polar surface area (TPSA) is 56.0 Å². The van der Waals surface area contributed by atoms with E-state index in [1.165, 1.54) is 17.2 Å².